The van der Waals surface area contributed by atoms with E-state index < -0.39 is 24.6 Å². The molecule has 0 aromatic heterocycles. The van der Waals surface area contributed by atoms with Crippen LogP contribution in [-0.2, 0) is 16.1 Å². The van der Waals surface area contributed by atoms with Crippen molar-refractivity contribution in [2.75, 3.05) is 13.7 Å². The first-order valence-corrected chi connectivity index (χ1v) is 8.01. The molecule has 2 rings (SSSR count). The van der Waals surface area contributed by atoms with Crippen molar-refractivity contribution < 1.29 is 29.5 Å². The Morgan fingerprint density at radius 2 is 1.75 bits per heavy atom. The molecule has 4 atom stereocenters. The van der Waals surface area contributed by atoms with Gasteiger partial charge in [-0.25, -0.2) is 0 Å². The summed E-state index contributed by atoms with van der Waals surface area (Å²) in [4.78, 5) is 0. The Kier molecular flexibility index (Phi) is 12.1. The fourth-order valence-corrected chi connectivity index (χ4v) is 2.13. The molecule has 1 fully saturated rings. The summed E-state index contributed by atoms with van der Waals surface area (Å²) in [6, 6.07) is 7.30. The van der Waals surface area contributed by atoms with E-state index in [1.807, 2.05) is 26.0 Å². The van der Waals surface area contributed by atoms with Crippen LogP contribution in [0.2, 0.25) is 0 Å². The molecule has 1 aliphatic rings. The highest BCUT2D eigenvalue weighted by atomic mass is 16.7. The quantitative estimate of drug-likeness (QED) is 0.708. The minimum atomic E-state index is -1.09. The molecule has 4 unspecified atom stereocenters. The van der Waals surface area contributed by atoms with Gasteiger partial charge < -0.3 is 29.5 Å². The zero-order valence-corrected chi connectivity index (χ0v) is 14.7. The van der Waals surface area contributed by atoms with Crippen molar-refractivity contribution in [3.8, 4) is 5.75 Å². The van der Waals surface area contributed by atoms with Crippen molar-refractivity contribution in [3.05, 3.63) is 43.0 Å². The maximum Gasteiger partial charge on any atom is 0.202 e. The van der Waals surface area contributed by atoms with E-state index in [0.717, 1.165) is 5.56 Å². The van der Waals surface area contributed by atoms with Gasteiger partial charge in [0.05, 0.1) is 19.3 Å². The number of ether oxygens (including phenoxy) is 3. The average Bonchev–Trinajstić information content (AvgIpc) is 2.63. The number of aliphatic hydroxyl groups excluding tert-OH is 3. The van der Waals surface area contributed by atoms with Gasteiger partial charge in [0.25, 0.3) is 0 Å². The molecule has 1 saturated heterocycles. The first kappa shape index (κ1) is 22.6. The molecule has 1 heterocycles. The molecule has 1 aromatic rings. The van der Waals surface area contributed by atoms with Gasteiger partial charge in [0.1, 0.15) is 18.0 Å². The zero-order valence-electron chi connectivity index (χ0n) is 14.7. The molecule has 0 amide bonds. The van der Waals surface area contributed by atoms with Crippen LogP contribution >= 0.6 is 0 Å². The summed E-state index contributed by atoms with van der Waals surface area (Å²) in [6.45, 7) is 10.2. The fourth-order valence-electron chi connectivity index (χ4n) is 2.13. The van der Waals surface area contributed by atoms with Crippen LogP contribution in [0.3, 0.4) is 0 Å². The van der Waals surface area contributed by atoms with Crippen molar-refractivity contribution >= 4 is 0 Å². The summed E-state index contributed by atoms with van der Waals surface area (Å²) in [5.74, 6) is 0.593. The summed E-state index contributed by atoms with van der Waals surface area (Å²) in [5, 5.41) is 28.4. The number of hydrogen-bond acceptors (Lipinski definition) is 6. The second-order valence-corrected chi connectivity index (χ2v) is 4.78. The van der Waals surface area contributed by atoms with Gasteiger partial charge in [-0.2, -0.15) is 0 Å². The van der Waals surface area contributed by atoms with Gasteiger partial charge in [-0.3, -0.25) is 0 Å². The molecule has 1 aromatic carbocycles. The lowest BCUT2D eigenvalue weighted by molar-refractivity contribution is -0.229. The van der Waals surface area contributed by atoms with Crippen LogP contribution in [0.1, 0.15) is 25.8 Å². The molecule has 24 heavy (non-hydrogen) atoms. The predicted octanol–water partition coefficient (Wildman–Crippen LogP) is 1.87. The molecule has 0 bridgehead atoms. The van der Waals surface area contributed by atoms with Crippen molar-refractivity contribution in [2.45, 2.75) is 51.5 Å². The Hall–Kier alpha value is -1.44. The third-order valence-corrected chi connectivity index (χ3v) is 3.22. The molecule has 0 saturated carbocycles. The molecule has 0 spiro atoms. The highest BCUT2D eigenvalue weighted by molar-refractivity contribution is 5.27. The summed E-state index contributed by atoms with van der Waals surface area (Å²) in [5.41, 5.74) is 1.02. The lowest BCUT2D eigenvalue weighted by atomic mass is 10.0. The highest BCUT2D eigenvalue weighted by Crippen LogP contribution is 2.23. The molecule has 6 nitrogen and oxygen atoms in total. The second-order valence-electron chi connectivity index (χ2n) is 4.78. The van der Waals surface area contributed by atoms with Crippen LogP contribution in [0.5, 0.6) is 5.75 Å². The topological polar surface area (TPSA) is 88.4 Å². The highest BCUT2D eigenvalue weighted by Gasteiger charge is 2.37. The Labute approximate surface area is 144 Å². The van der Waals surface area contributed by atoms with Crippen LogP contribution in [-0.4, -0.2) is 53.6 Å². The van der Waals surface area contributed by atoms with E-state index in [1.165, 1.54) is 0 Å². The third-order valence-electron chi connectivity index (χ3n) is 3.22. The van der Waals surface area contributed by atoms with Crippen molar-refractivity contribution in [1.82, 2.24) is 0 Å². The van der Waals surface area contributed by atoms with Crippen molar-refractivity contribution in [3.63, 3.8) is 0 Å². The molecule has 6 heteroatoms. The Morgan fingerprint density at radius 3 is 2.25 bits per heavy atom. The minimum Gasteiger partial charge on any atom is -0.465 e. The SMILES string of the molecule is C=C.CC.COCc1ccc(OC2CC(O)C(O)C(CO)O2)cc1. The summed E-state index contributed by atoms with van der Waals surface area (Å²) in [6.07, 6.45) is -3.45. The van der Waals surface area contributed by atoms with Crippen LogP contribution < -0.4 is 4.74 Å². The maximum atomic E-state index is 9.70. The van der Waals surface area contributed by atoms with E-state index in [4.69, 9.17) is 19.3 Å². The fraction of sp³-hybridized carbons (Fsp3) is 0.556. The predicted molar refractivity (Wildman–Crippen MR) is 92.8 cm³/mol. The number of aliphatic hydroxyl groups is 3. The smallest absolute Gasteiger partial charge is 0.202 e. The molecule has 138 valence electrons. The Morgan fingerprint density at radius 1 is 1.17 bits per heavy atom. The molecule has 3 N–H and O–H groups in total. The number of hydrogen-bond donors (Lipinski definition) is 3. The number of methoxy groups -OCH3 is 1. The van der Waals surface area contributed by atoms with Gasteiger partial charge in [-0.05, 0) is 17.7 Å². The first-order valence-electron chi connectivity index (χ1n) is 8.01. The van der Waals surface area contributed by atoms with E-state index in [2.05, 4.69) is 13.2 Å². The molecular formula is C18H30O6. The number of benzene rings is 1. The van der Waals surface area contributed by atoms with Crippen LogP contribution in [0.15, 0.2) is 37.4 Å². The van der Waals surface area contributed by atoms with Gasteiger partial charge >= 0.3 is 0 Å². The van der Waals surface area contributed by atoms with Gasteiger partial charge in [-0.1, -0.05) is 26.0 Å². The van der Waals surface area contributed by atoms with E-state index >= 15 is 0 Å². The monoisotopic (exact) mass is 342 g/mol. The van der Waals surface area contributed by atoms with Crippen LogP contribution in [0, 0.1) is 0 Å². The van der Waals surface area contributed by atoms with Gasteiger partial charge in [0.2, 0.25) is 6.29 Å². The molecule has 1 aliphatic heterocycles. The summed E-state index contributed by atoms with van der Waals surface area (Å²) < 4.78 is 16.0. The first-order chi connectivity index (χ1) is 11.6. The van der Waals surface area contributed by atoms with Crippen molar-refractivity contribution in [2.24, 2.45) is 0 Å². The summed E-state index contributed by atoms with van der Waals surface area (Å²) >= 11 is 0. The van der Waals surface area contributed by atoms with Gasteiger partial charge in [-0.15, -0.1) is 13.2 Å². The zero-order chi connectivity index (χ0) is 18.5. The third kappa shape index (κ3) is 6.98. The average molecular weight is 342 g/mol. The van der Waals surface area contributed by atoms with Gasteiger partial charge in [0, 0.05) is 13.5 Å². The largest absolute Gasteiger partial charge is 0.465 e. The van der Waals surface area contributed by atoms with Crippen LogP contribution in [0.25, 0.3) is 0 Å². The van der Waals surface area contributed by atoms with Crippen molar-refractivity contribution in [1.29, 1.82) is 0 Å². The van der Waals surface area contributed by atoms with E-state index in [1.54, 1.807) is 19.2 Å². The second kappa shape index (κ2) is 12.9. The Bertz CT molecular complexity index is 422. The lowest BCUT2D eigenvalue weighted by Gasteiger charge is -2.36. The molecular weight excluding hydrogens is 312 g/mol. The van der Waals surface area contributed by atoms with Gasteiger partial charge in [0.15, 0.2) is 0 Å². The minimum absolute atomic E-state index is 0.150. The maximum absolute atomic E-state index is 9.70. The lowest BCUT2D eigenvalue weighted by Crippen LogP contribution is -2.51. The number of rotatable bonds is 5. The normalized spacial score (nSPS) is 25.6. The molecule has 0 radical (unpaired) electrons. The van der Waals surface area contributed by atoms with E-state index in [0.29, 0.717) is 12.4 Å². The Balaban J connectivity index is 0.00000123. The van der Waals surface area contributed by atoms with E-state index in [-0.39, 0.29) is 13.0 Å². The van der Waals surface area contributed by atoms with E-state index in [9.17, 15) is 10.2 Å². The summed E-state index contributed by atoms with van der Waals surface area (Å²) in [7, 11) is 1.63. The molecule has 0 aliphatic carbocycles. The standard InChI is InChI=1S/C14H20O6.C2H6.C2H4/c1-18-8-9-2-4-10(5-3-9)19-13-6-11(16)14(17)12(7-15)20-13;2*1-2/h2-5,11-17H,6-8H2,1H3;1-2H3;1-2H2. The van der Waals surface area contributed by atoms with Crippen LogP contribution in [0.4, 0.5) is 0 Å².